The van der Waals surface area contributed by atoms with Gasteiger partial charge in [-0.15, -0.1) is 5.10 Å². The van der Waals surface area contributed by atoms with Crippen molar-refractivity contribution >= 4 is 33.9 Å². The van der Waals surface area contributed by atoms with Crippen LogP contribution in [0.2, 0.25) is 5.02 Å². The summed E-state index contributed by atoms with van der Waals surface area (Å²) in [6.45, 7) is 7.24. The van der Waals surface area contributed by atoms with Gasteiger partial charge in [-0.1, -0.05) is 37.6 Å². The maximum atomic E-state index is 14.4. The maximum absolute atomic E-state index is 14.4. The number of nitriles is 1. The van der Waals surface area contributed by atoms with E-state index in [0.717, 1.165) is 4.68 Å². The predicted octanol–water partition coefficient (Wildman–Crippen LogP) is 3.94. The summed E-state index contributed by atoms with van der Waals surface area (Å²) in [5.41, 5.74) is 2.45. The zero-order valence-electron chi connectivity index (χ0n) is 17.7. The Labute approximate surface area is 185 Å². The van der Waals surface area contributed by atoms with E-state index in [4.69, 9.17) is 16.7 Å². The highest BCUT2D eigenvalue weighted by molar-refractivity contribution is 6.35. The highest BCUT2D eigenvalue weighted by atomic mass is 35.5. The van der Waals surface area contributed by atoms with Crippen molar-refractivity contribution in [3.8, 4) is 6.07 Å². The van der Waals surface area contributed by atoms with Crippen LogP contribution in [0.5, 0.6) is 0 Å². The molecule has 3 aromatic rings. The minimum atomic E-state index is -0.547. The lowest BCUT2D eigenvalue weighted by atomic mass is 9.96. The first-order chi connectivity index (χ1) is 14.7. The molecule has 3 rings (SSSR count). The number of halogens is 2. The van der Waals surface area contributed by atoms with Crippen LogP contribution in [0.1, 0.15) is 38.4 Å². The van der Waals surface area contributed by atoms with Crippen LogP contribution < -0.4 is 10.6 Å². The first-order valence-electron chi connectivity index (χ1n) is 9.92. The molecular formula is C21H25ClFN7O. The molecule has 0 saturated heterocycles. The molecule has 164 valence electrons. The first-order valence-corrected chi connectivity index (χ1v) is 10.3. The number of hydrogen-bond acceptors (Lipinski definition) is 7. The number of rotatable bonds is 8. The van der Waals surface area contributed by atoms with Gasteiger partial charge in [-0.3, -0.25) is 4.98 Å². The van der Waals surface area contributed by atoms with Gasteiger partial charge in [0.1, 0.15) is 11.8 Å². The molecule has 10 heteroatoms. The van der Waals surface area contributed by atoms with Crippen LogP contribution in [-0.2, 0) is 13.1 Å². The Bertz CT molecular complexity index is 1120. The third kappa shape index (κ3) is 5.40. The number of aryl methyl sites for hydroxylation is 1. The van der Waals surface area contributed by atoms with Crippen molar-refractivity contribution in [3.05, 3.63) is 40.6 Å². The summed E-state index contributed by atoms with van der Waals surface area (Å²) in [4.78, 5) is 4.33. The molecule has 0 amide bonds. The van der Waals surface area contributed by atoms with Gasteiger partial charge in [-0.25, -0.2) is 4.68 Å². The number of fused-ring (bicyclic) bond motifs is 1. The highest BCUT2D eigenvalue weighted by Gasteiger charge is 2.17. The number of pyridine rings is 1. The molecule has 0 spiro atoms. The summed E-state index contributed by atoms with van der Waals surface area (Å²) in [5, 5.41) is 33.6. The van der Waals surface area contributed by atoms with Crippen molar-refractivity contribution < 1.29 is 9.50 Å². The number of aromatic nitrogens is 4. The van der Waals surface area contributed by atoms with Crippen LogP contribution in [0, 0.1) is 22.7 Å². The van der Waals surface area contributed by atoms with Crippen LogP contribution in [0.15, 0.2) is 18.3 Å². The average molecular weight is 446 g/mol. The molecular weight excluding hydrogens is 421 g/mol. The zero-order valence-corrected chi connectivity index (χ0v) is 18.5. The smallest absolute Gasteiger partial charge is 0.236 e. The lowest BCUT2D eigenvalue weighted by Crippen LogP contribution is -2.19. The van der Waals surface area contributed by atoms with Gasteiger partial charge in [0.05, 0.1) is 28.3 Å². The number of hydrogen-bond donors (Lipinski definition) is 3. The van der Waals surface area contributed by atoms with Crippen LogP contribution >= 0.6 is 11.6 Å². The van der Waals surface area contributed by atoms with Crippen LogP contribution in [0.25, 0.3) is 10.9 Å². The normalized spacial score (nSPS) is 11.5. The van der Waals surface area contributed by atoms with Gasteiger partial charge >= 0.3 is 0 Å². The number of benzene rings is 1. The average Bonchev–Trinajstić information content (AvgIpc) is 3.07. The Morgan fingerprint density at radius 2 is 2.06 bits per heavy atom. The number of nitrogens with one attached hydrogen (secondary N) is 2. The summed E-state index contributed by atoms with van der Waals surface area (Å²) in [7, 11) is 0. The summed E-state index contributed by atoms with van der Waals surface area (Å²) in [6.07, 6.45) is 1.90. The van der Waals surface area contributed by atoms with Gasteiger partial charge < -0.3 is 15.7 Å². The van der Waals surface area contributed by atoms with E-state index in [-0.39, 0.29) is 30.8 Å². The Morgan fingerprint density at radius 1 is 1.29 bits per heavy atom. The Morgan fingerprint density at radius 3 is 2.74 bits per heavy atom. The molecule has 0 atom stereocenters. The molecule has 2 aromatic heterocycles. The second-order valence-corrected chi connectivity index (χ2v) is 8.82. The molecule has 1 aromatic carbocycles. The lowest BCUT2D eigenvalue weighted by Gasteiger charge is -2.21. The van der Waals surface area contributed by atoms with Crippen LogP contribution in [0.4, 0.5) is 15.8 Å². The molecule has 2 heterocycles. The van der Waals surface area contributed by atoms with Crippen LogP contribution in [-0.4, -0.2) is 38.2 Å². The first kappa shape index (κ1) is 22.7. The molecule has 0 fully saturated rings. The Kier molecular flexibility index (Phi) is 6.93. The van der Waals surface area contributed by atoms with E-state index in [0.29, 0.717) is 45.8 Å². The van der Waals surface area contributed by atoms with Gasteiger partial charge in [0.15, 0.2) is 0 Å². The fourth-order valence-electron chi connectivity index (χ4n) is 2.99. The number of nitrogens with zero attached hydrogens (tertiary/aromatic N) is 5. The fourth-order valence-corrected chi connectivity index (χ4v) is 3.25. The number of aliphatic hydroxyl groups excluding tert-OH is 1. The molecule has 8 nitrogen and oxygen atoms in total. The Balaban J connectivity index is 1.90. The second-order valence-electron chi connectivity index (χ2n) is 8.41. The van der Waals surface area contributed by atoms with Crippen molar-refractivity contribution in [1.82, 2.24) is 20.0 Å². The van der Waals surface area contributed by atoms with E-state index >= 15 is 0 Å². The lowest BCUT2D eigenvalue weighted by molar-refractivity contribution is 0.271. The second kappa shape index (κ2) is 9.45. The van der Waals surface area contributed by atoms with Crippen molar-refractivity contribution in [3.63, 3.8) is 0 Å². The summed E-state index contributed by atoms with van der Waals surface area (Å²) in [5.74, 6) is -0.547. The molecule has 31 heavy (non-hydrogen) atoms. The molecule has 0 radical (unpaired) electrons. The largest absolute Gasteiger partial charge is 0.396 e. The minimum Gasteiger partial charge on any atom is -0.396 e. The molecule has 0 aliphatic carbocycles. The third-order valence-corrected chi connectivity index (χ3v) is 4.86. The van der Waals surface area contributed by atoms with E-state index in [2.05, 4.69) is 52.8 Å². The molecule has 0 aliphatic heterocycles. The predicted molar refractivity (Wildman–Crippen MR) is 118 cm³/mol. The maximum Gasteiger partial charge on any atom is 0.236 e. The van der Waals surface area contributed by atoms with Gasteiger partial charge in [-0.2, -0.15) is 9.65 Å². The van der Waals surface area contributed by atoms with E-state index in [1.165, 1.54) is 6.20 Å². The Hall–Kier alpha value is -2.96. The highest BCUT2D eigenvalue weighted by Crippen LogP contribution is 2.34. The molecule has 0 saturated carbocycles. The van der Waals surface area contributed by atoms with E-state index < -0.39 is 5.95 Å². The number of aliphatic hydroxyl groups is 1. The summed E-state index contributed by atoms with van der Waals surface area (Å²) < 4.78 is 15.5. The quantitative estimate of drug-likeness (QED) is 0.481. The van der Waals surface area contributed by atoms with Gasteiger partial charge in [-0.05, 0) is 24.0 Å². The summed E-state index contributed by atoms with van der Waals surface area (Å²) >= 11 is 6.45. The fraction of sp³-hybridized carbons (Fsp3) is 0.429. The van der Waals surface area contributed by atoms with Crippen LogP contribution in [0.3, 0.4) is 0 Å². The van der Waals surface area contributed by atoms with E-state index in [1.54, 1.807) is 6.07 Å². The van der Waals surface area contributed by atoms with Crippen molar-refractivity contribution in [1.29, 1.82) is 5.26 Å². The van der Waals surface area contributed by atoms with E-state index in [9.17, 15) is 9.65 Å². The van der Waals surface area contributed by atoms with Gasteiger partial charge in [0.2, 0.25) is 5.95 Å². The third-order valence-electron chi connectivity index (χ3n) is 4.57. The minimum absolute atomic E-state index is 0.00134. The molecule has 0 unspecified atom stereocenters. The van der Waals surface area contributed by atoms with Gasteiger partial charge in [0.25, 0.3) is 0 Å². The van der Waals surface area contributed by atoms with Crippen molar-refractivity contribution in [2.45, 2.75) is 40.3 Å². The number of anilines is 2. The van der Waals surface area contributed by atoms with Gasteiger partial charge in [0, 0.05) is 37.0 Å². The summed E-state index contributed by atoms with van der Waals surface area (Å²) in [6, 6.07) is 5.70. The SMILES string of the molecule is CC(C)(C)CNc1c(C#N)cnc2c(Cl)cc(NCc3nnn(CCCO)c3F)cc12. The van der Waals surface area contributed by atoms with E-state index in [1.807, 2.05) is 6.07 Å². The topological polar surface area (TPSA) is 112 Å². The standard InChI is InChI=1S/C21H25ClFN7O/c1-21(2,3)12-27-18-13(9-24)10-26-19-15(18)7-14(8-16(19)22)25-11-17-20(23)30(29-28-17)5-4-6-31/h7-8,10,25,31H,4-6,11-12H2,1-3H3,(H,26,27). The monoisotopic (exact) mass is 445 g/mol. The zero-order chi connectivity index (χ0) is 22.6. The molecule has 0 aliphatic rings. The van der Waals surface area contributed by atoms with Crippen molar-refractivity contribution in [2.24, 2.45) is 5.41 Å². The molecule has 3 N–H and O–H groups in total. The van der Waals surface area contributed by atoms with Crippen molar-refractivity contribution in [2.75, 3.05) is 23.8 Å². The molecule has 0 bridgehead atoms.